The molecular weight excluding hydrogens is 247 g/mol. The van der Waals surface area contributed by atoms with E-state index < -0.39 is 20.7 Å². The second kappa shape index (κ2) is 5.95. The van der Waals surface area contributed by atoms with Crippen molar-refractivity contribution in [2.75, 3.05) is 18.9 Å². The number of rotatable bonds is 6. The van der Waals surface area contributed by atoms with Gasteiger partial charge in [0.25, 0.3) is 0 Å². The number of aliphatic hydroxyl groups is 1. The molecule has 1 aromatic carbocycles. The molecule has 1 rings (SSSR count). The summed E-state index contributed by atoms with van der Waals surface area (Å²) in [5.41, 5.74) is 5.59. The molecule has 96 valence electrons. The number of nitrogens with two attached hydrogens (primary N) is 1. The van der Waals surface area contributed by atoms with E-state index in [1.807, 2.05) is 0 Å². The number of nitrogen functional groups attached to an aromatic ring is 1. The smallest absolute Gasteiger partial charge is 0.243 e. The van der Waals surface area contributed by atoms with Crippen molar-refractivity contribution in [2.24, 2.45) is 0 Å². The summed E-state index contributed by atoms with van der Waals surface area (Å²) in [5.74, 6) is -0.839. The monoisotopic (exact) mass is 262 g/mol. The Morgan fingerprint density at radius 1 is 1.35 bits per heavy atom. The Balaban J connectivity index is 2.79. The van der Waals surface area contributed by atoms with Crippen LogP contribution in [0.3, 0.4) is 0 Å². The number of sulfonamides is 1. The molecule has 0 heterocycles. The highest BCUT2D eigenvalue weighted by Crippen LogP contribution is 2.17. The highest BCUT2D eigenvalue weighted by molar-refractivity contribution is 7.89. The van der Waals surface area contributed by atoms with Crippen LogP contribution in [0.4, 0.5) is 10.1 Å². The fraction of sp³-hybridized carbons (Fsp3) is 0.400. The fourth-order valence-electron chi connectivity index (χ4n) is 1.25. The van der Waals surface area contributed by atoms with Gasteiger partial charge in [0, 0.05) is 18.8 Å². The Labute approximate surface area is 99.5 Å². The first-order valence-corrected chi connectivity index (χ1v) is 6.61. The van der Waals surface area contributed by atoms with Gasteiger partial charge < -0.3 is 10.8 Å². The van der Waals surface area contributed by atoms with E-state index in [1.54, 1.807) is 0 Å². The van der Waals surface area contributed by atoms with Crippen LogP contribution in [0, 0.1) is 5.82 Å². The van der Waals surface area contributed by atoms with Crippen LogP contribution >= 0.6 is 0 Å². The van der Waals surface area contributed by atoms with Crippen molar-refractivity contribution in [1.29, 1.82) is 0 Å². The van der Waals surface area contributed by atoms with Crippen molar-refractivity contribution in [3.63, 3.8) is 0 Å². The molecule has 4 N–H and O–H groups in total. The molecule has 0 unspecified atom stereocenters. The SMILES string of the molecule is Nc1ccc(F)c(S(=O)(=O)NCCCCO)c1. The second-order valence-corrected chi connectivity index (χ2v) is 5.25. The summed E-state index contributed by atoms with van der Waals surface area (Å²) in [6.07, 6.45) is 0.974. The van der Waals surface area contributed by atoms with Crippen LogP contribution in [0.2, 0.25) is 0 Å². The lowest BCUT2D eigenvalue weighted by Gasteiger charge is -2.07. The molecule has 0 aliphatic carbocycles. The number of nitrogens with one attached hydrogen (secondary N) is 1. The summed E-state index contributed by atoms with van der Waals surface area (Å²) >= 11 is 0. The van der Waals surface area contributed by atoms with E-state index in [4.69, 9.17) is 10.8 Å². The van der Waals surface area contributed by atoms with Gasteiger partial charge in [0.2, 0.25) is 10.0 Å². The maximum absolute atomic E-state index is 13.3. The Bertz CT molecular complexity index is 476. The molecular formula is C10H15FN2O3S. The minimum absolute atomic E-state index is 0.00558. The minimum Gasteiger partial charge on any atom is -0.399 e. The summed E-state index contributed by atoms with van der Waals surface area (Å²) in [6, 6.07) is 3.38. The third-order valence-corrected chi connectivity index (χ3v) is 3.60. The van der Waals surface area contributed by atoms with Gasteiger partial charge in [-0.1, -0.05) is 0 Å². The summed E-state index contributed by atoms with van der Waals surface area (Å²) in [6.45, 7) is 0.144. The van der Waals surface area contributed by atoms with Gasteiger partial charge in [0.05, 0.1) is 0 Å². The van der Waals surface area contributed by atoms with Crippen LogP contribution in [0.25, 0.3) is 0 Å². The van der Waals surface area contributed by atoms with E-state index >= 15 is 0 Å². The number of halogens is 1. The maximum atomic E-state index is 13.3. The highest BCUT2D eigenvalue weighted by Gasteiger charge is 2.18. The van der Waals surface area contributed by atoms with Gasteiger partial charge in [-0.05, 0) is 31.0 Å². The first-order valence-electron chi connectivity index (χ1n) is 5.13. The molecule has 0 saturated carbocycles. The van der Waals surface area contributed by atoms with Gasteiger partial charge in [-0.3, -0.25) is 0 Å². The third kappa shape index (κ3) is 3.95. The average molecular weight is 262 g/mol. The maximum Gasteiger partial charge on any atom is 0.243 e. The van der Waals surface area contributed by atoms with Gasteiger partial charge in [-0.25, -0.2) is 17.5 Å². The Kier molecular flexibility index (Phi) is 4.86. The molecule has 0 amide bonds. The van der Waals surface area contributed by atoms with Crippen LogP contribution in [0.15, 0.2) is 23.1 Å². The third-order valence-electron chi connectivity index (χ3n) is 2.12. The van der Waals surface area contributed by atoms with Crippen molar-refractivity contribution < 1.29 is 17.9 Å². The van der Waals surface area contributed by atoms with E-state index in [2.05, 4.69) is 4.72 Å². The zero-order valence-corrected chi connectivity index (χ0v) is 10.0. The summed E-state index contributed by atoms with van der Waals surface area (Å²) < 4.78 is 39.0. The Hall–Kier alpha value is -1.18. The molecule has 0 aromatic heterocycles. The lowest BCUT2D eigenvalue weighted by atomic mass is 10.3. The van der Waals surface area contributed by atoms with Gasteiger partial charge in [-0.15, -0.1) is 0 Å². The Morgan fingerprint density at radius 2 is 2.06 bits per heavy atom. The molecule has 17 heavy (non-hydrogen) atoms. The average Bonchev–Trinajstić information content (AvgIpc) is 2.28. The summed E-state index contributed by atoms with van der Waals surface area (Å²) in [4.78, 5) is -0.457. The lowest BCUT2D eigenvalue weighted by Crippen LogP contribution is -2.26. The van der Waals surface area contributed by atoms with E-state index in [1.165, 1.54) is 6.07 Å². The molecule has 5 nitrogen and oxygen atoms in total. The first kappa shape index (κ1) is 13.9. The van der Waals surface area contributed by atoms with Crippen molar-refractivity contribution in [1.82, 2.24) is 4.72 Å². The minimum atomic E-state index is -3.88. The summed E-state index contributed by atoms with van der Waals surface area (Å²) in [7, 11) is -3.88. The van der Waals surface area contributed by atoms with E-state index in [9.17, 15) is 12.8 Å². The van der Waals surface area contributed by atoms with E-state index in [0.717, 1.165) is 12.1 Å². The zero-order valence-electron chi connectivity index (χ0n) is 9.19. The van der Waals surface area contributed by atoms with Crippen molar-refractivity contribution in [3.8, 4) is 0 Å². The molecule has 0 fully saturated rings. The normalized spacial score (nSPS) is 11.6. The Morgan fingerprint density at radius 3 is 2.71 bits per heavy atom. The van der Waals surface area contributed by atoms with Crippen LogP contribution in [0.5, 0.6) is 0 Å². The van der Waals surface area contributed by atoms with Crippen molar-refractivity contribution in [3.05, 3.63) is 24.0 Å². The van der Waals surface area contributed by atoms with Crippen LogP contribution in [-0.2, 0) is 10.0 Å². The molecule has 7 heteroatoms. The topological polar surface area (TPSA) is 92.4 Å². The zero-order chi connectivity index (χ0) is 12.9. The van der Waals surface area contributed by atoms with Gasteiger partial charge >= 0.3 is 0 Å². The van der Waals surface area contributed by atoms with Crippen molar-refractivity contribution in [2.45, 2.75) is 17.7 Å². The van der Waals surface area contributed by atoms with Gasteiger partial charge in [0.15, 0.2) is 0 Å². The number of hydrogen-bond acceptors (Lipinski definition) is 4. The second-order valence-electron chi connectivity index (χ2n) is 3.52. The van der Waals surface area contributed by atoms with Crippen LogP contribution in [-0.4, -0.2) is 26.7 Å². The molecule has 1 aromatic rings. The van der Waals surface area contributed by atoms with E-state index in [-0.39, 0.29) is 18.8 Å². The number of hydrogen-bond donors (Lipinski definition) is 3. The molecule has 0 atom stereocenters. The molecule has 0 aliphatic rings. The predicted molar refractivity (Wildman–Crippen MR) is 62.3 cm³/mol. The highest BCUT2D eigenvalue weighted by atomic mass is 32.2. The summed E-state index contributed by atoms with van der Waals surface area (Å²) in [5, 5.41) is 8.54. The fourth-order valence-corrected chi connectivity index (χ4v) is 2.43. The van der Waals surface area contributed by atoms with Crippen LogP contribution in [0.1, 0.15) is 12.8 Å². The molecule has 0 saturated heterocycles. The number of anilines is 1. The number of unbranched alkanes of at least 4 members (excludes halogenated alkanes) is 1. The van der Waals surface area contributed by atoms with E-state index in [0.29, 0.717) is 12.8 Å². The van der Waals surface area contributed by atoms with Gasteiger partial charge in [0.1, 0.15) is 10.7 Å². The van der Waals surface area contributed by atoms with Crippen LogP contribution < -0.4 is 10.5 Å². The first-order chi connectivity index (χ1) is 7.97. The standard InChI is InChI=1S/C10H15FN2O3S/c11-9-4-3-8(12)7-10(9)17(15,16)13-5-1-2-6-14/h3-4,7,13-14H,1-2,5-6,12H2. The number of benzene rings is 1. The lowest BCUT2D eigenvalue weighted by molar-refractivity contribution is 0.285. The largest absolute Gasteiger partial charge is 0.399 e. The molecule has 0 aliphatic heterocycles. The molecule has 0 radical (unpaired) electrons. The molecule has 0 spiro atoms. The van der Waals surface area contributed by atoms with Crippen molar-refractivity contribution >= 4 is 15.7 Å². The molecule has 0 bridgehead atoms. The van der Waals surface area contributed by atoms with Gasteiger partial charge in [-0.2, -0.15) is 0 Å². The number of aliphatic hydroxyl groups excluding tert-OH is 1. The predicted octanol–water partition coefficient (Wildman–Crippen LogP) is 0.459. The quantitative estimate of drug-likeness (QED) is 0.513.